The molecule has 0 unspecified atom stereocenters. The minimum Gasteiger partial charge on any atom is -0.356 e. The van der Waals surface area contributed by atoms with Crippen LogP contribution in [0.2, 0.25) is 0 Å². The lowest BCUT2D eigenvalue weighted by Crippen LogP contribution is -2.31. The minimum absolute atomic E-state index is 0.169. The molecule has 0 aliphatic heterocycles. The summed E-state index contributed by atoms with van der Waals surface area (Å²) in [6, 6.07) is 12.2. The van der Waals surface area contributed by atoms with E-state index in [1.807, 2.05) is 24.3 Å². The van der Waals surface area contributed by atoms with E-state index in [1.165, 1.54) is 11.1 Å². The second-order valence-corrected chi connectivity index (χ2v) is 4.82. The van der Waals surface area contributed by atoms with E-state index in [1.54, 1.807) is 12.4 Å². The largest absolute Gasteiger partial charge is 0.356 e. The molecule has 2 aromatic rings. The van der Waals surface area contributed by atoms with E-state index in [-0.39, 0.29) is 6.04 Å². The van der Waals surface area contributed by atoms with Crippen LogP contribution in [0.25, 0.3) is 0 Å². The molecule has 0 bridgehead atoms. The first-order valence-electron chi connectivity index (χ1n) is 6.20. The third-order valence-corrected chi connectivity index (χ3v) is 3.16. The first-order chi connectivity index (χ1) is 9.16. The number of aryl methyl sites for hydroxylation is 1. The molecule has 4 heteroatoms. The Labute approximate surface area is 119 Å². The summed E-state index contributed by atoms with van der Waals surface area (Å²) in [7, 11) is 0. The molecule has 0 amide bonds. The number of hydrogen-bond acceptors (Lipinski definition) is 2. The highest BCUT2D eigenvalue weighted by molar-refractivity contribution is 7.80. The van der Waals surface area contributed by atoms with Crippen molar-refractivity contribution in [3.05, 3.63) is 59.9 Å². The SMILES string of the molecule is Cc1ccccc1[C@@H](C)NC(=S)Nc1ccncc1. The highest BCUT2D eigenvalue weighted by atomic mass is 32.1. The van der Waals surface area contributed by atoms with Crippen molar-refractivity contribution in [2.45, 2.75) is 19.9 Å². The summed E-state index contributed by atoms with van der Waals surface area (Å²) in [4.78, 5) is 3.97. The van der Waals surface area contributed by atoms with E-state index in [2.05, 4.69) is 41.6 Å². The van der Waals surface area contributed by atoms with Crippen LogP contribution in [0.3, 0.4) is 0 Å². The van der Waals surface area contributed by atoms with Crippen molar-refractivity contribution in [3.63, 3.8) is 0 Å². The van der Waals surface area contributed by atoms with E-state index in [4.69, 9.17) is 12.2 Å². The maximum Gasteiger partial charge on any atom is 0.171 e. The van der Waals surface area contributed by atoms with Crippen LogP contribution in [0.15, 0.2) is 48.8 Å². The fourth-order valence-electron chi connectivity index (χ4n) is 1.95. The van der Waals surface area contributed by atoms with Crippen LogP contribution in [-0.4, -0.2) is 10.1 Å². The molecule has 1 atom stereocenters. The smallest absolute Gasteiger partial charge is 0.171 e. The molecule has 1 aromatic carbocycles. The predicted molar refractivity (Wildman–Crippen MR) is 83.2 cm³/mol. The fourth-order valence-corrected chi connectivity index (χ4v) is 2.24. The molecule has 2 N–H and O–H groups in total. The first-order valence-corrected chi connectivity index (χ1v) is 6.60. The van der Waals surface area contributed by atoms with E-state index in [0.29, 0.717) is 5.11 Å². The summed E-state index contributed by atoms with van der Waals surface area (Å²) >= 11 is 5.31. The summed E-state index contributed by atoms with van der Waals surface area (Å²) in [6.45, 7) is 4.20. The third kappa shape index (κ3) is 3.76. The molecular formula is C15H17N3S. The molecule has 0 saturated heterocycles. The molecule has 98 valence electrons. The lowest BCUT2D eigenvalue weighted by atomic mass is 10.0. The molecule has 2 rings (SSSR count). The highest BCUT2D eigenvalue weighted by Crippen LogP contribution is 2.16. The highest BCUT2D eigenvalue weighted by Gasteiger charge is 2.08. The van der Waals surface area contributed by atoms with Gasteiger partial charge in [0.25, 0.3) is 0 Å². The Bertz CT molecular complexity index is 554. The average molecular weight is 271 g/mol. The quantitative estimate of drug-likeness (QED) is 0.839. The van der Waals surface area contributed by atoms with Gasteiger partial charge in [-0.25, -0.2) is 0 Å². The normalized spacial score (nSPS) is 11.7. The van der Waals surface area contributed by atoms with E-state index >= 15 is 0 Å². The Balaban J connectivity index is 1.98. The van der Waals surface area contributed by atoms with Crippen LogP contribution in [0, 0.1) is 6.92 Å². The Morgan fingerprint density at radius 3 is 2.53 bits per heavy atom. The molecule has 0 aliphatic carbocycles. The zero-order valence-corrected chi connectivity index (χ0v) is 11.9. The number of thiocarbonyl (C=S) groups is 1. The number of benzene rings is 1. The van der Waals surface area contributed by atoms with E-state index in [9.17, 15) is 0 Å². The number of anilines is 1. The van der Waals surface area contributed by atoms with Gasteiger partial charge >= 0.3 is 0 Å². The fraction of sp³-hybridized carbons (Fsp3) is 0.200. The Morgan fingerprint density at radius 2 is 1.84 bits per heavy atom. The number of pyridine rings is 1. The summed E-state index contributed by atoms with van der Waals surface area (Å²) in [5, 5.41) is 7.04. The number of nitrogens with zero attached hydrogens (tertiary/aromatic N) is 1. The monoisotopic (exact) mass is 271 g/mol. The van der Waals surface area contributed by atoms with Crippen molar-refractivity contribution in [2.75, 3.05) is 5.32 Å². The van der Waals surface area contributed by atoms with Gasteiger partial charge in [-0.1, -0.05) is 24.3 Å². The van der Waals surface area contributed by atoms with Crippen LogP contribution >= 0.6 is 12.2 Å². The Hall–Kier alpha value is -1.94. The molecule has 0 radical (unpaired) electrons. The van der Waals surface area contributed by atoms with Crippen molar-refractivity contribution in [1.82, 2.24) is 10.3 Å². The van der Waals surface area contributed by atoms with Crippen molar-refractivity contribution >= 4 is 23.0 Å². The second-order valence-electron chi connectivity index (χ2n) is 4.41. The van der Waals surface area contributed by atoms with Gasteiger partial charge in [0, 0.05) is 18.1 Å². The lowest BCUT2D eigenvalue weighted by Gasteiger charge is -2.19. The zero-order chi connectivity index (χ0) is 13.7. The van der Waals surface area contributed by atoms with Crippen molar-refractivity contribution in [2.24, 2.45) is 0 Å². The molecule has 0 fully saturated rings. The molecule has 0 aliphatic rings. The van der Waals surface area contributed by atoms with Gasteiger partial charge in [-0.15, -0.1) is 0 Å². The number of nitrogens with one attached hydrogen (secondary N) is 2. The van der Waals surface area contributed by atoms with Gasteiger partial charge < -0.3 is 10.6 Å². The van der Waals surface area contributed by atoms with Crippen molar-refractivity contribution in [1.29, 1.82) is 0 Å². The topological polar surface area (TPSA) is 37.0 Å². The number of hydrogen-bond donors (Lipinski definition) is 2. The van der Waals surface area contributed by atoms with Crippen LogP contribution in [-0.2, 0) is 0 Å². The summed E-state index contributed by atoms with van der Waals surface area (Å²) in [6.07, 6.45) is 3.46. The number of aromatic nitrogens is 1. The standard InChI is InChI=1S/C15H17N3S/c1-11-5-3-4-6-14(11)12(2)17-15(19)18-13-7-9-16-10-8-13/h3-10,12H,1-2H3,(H2,16,17,18,19)/t12-/m1/s1. The molecule has 1 aromatic heterocycles. The Morgan fingerprint density at radius 1 is 1.16 bits per heavy atom. The summed E-state index contributed by atoms with van der Waals surface area (Å²) < 4.78 is 0. The molecular weight excluding hydrogens is 254 g/mol. The lowest BCUT2D eigenvalue weighted by molar-refractivity contribution is 0.717. The second kappa shape index (κ2) is 6.29. The molecule has 19 heavy (non-hydrogen) atoms. The molecule has 0 saturated carbocycles. The first kappa shape index (κ1) is 13.5. The molecule has 1 heterocycles. The van der Waals surface area contributed by atoms with Gasteiger partial charge in [-0.3, -0.25) is 4.98 Å². The van der Waals surface area contributed by atoms with Gasteiger partial charge in [0.15, 0.2) is 5.11 Å². The maximum atomic E-state index is 5.31. The molecule has 0 spiro atoms. The Kier molecular flexibility index (Phi) is 4.47. The van der Waals surface area contributed by atoms with Gasteiger partial charge in [-0.2, -0.15) is 0 Å². The summed E-state index contributed by atoms with van der Waals surface area (Å²) in [5.74, 6) is 0. The van der Waals surface area contributed by atoms with Crippen LogP contribution in [0.1, 0.15) is 24.1 Å². The van der Waals surface area contributed by atoms with Gasteiger partial charge in [0.1, 0.15) is 0 Å². The average Bonchev–Trinajstić information content (AvgIpc) is 2.40. The van der Waals surface area contributed by atoms with Gasteiger partial charge in [-0.05, 0) is 49.3 Å². The number of rotatable bonds is 3. The minimum atomic E-state index is 0.169. The van der Waals surface area contributed by atoms with Gasteiger partial charge in [0.2, 0.25) is 0 Å². The van der Waals surface area contributed by atoms with E-state index < -0.39 is 0 Å². The maximum absolute atomic E-state index is 5.31. The van der Waals surface area contributed by atoms with Crippen LogP contribution in [0.4, 0.5) is 5.69 Å². The molecule has 3 nitrogen and oxygen atoms in total. The predicted octanol–water partition coefficient (Wildman–Crippen LogP) is 3.44. The van der Waals surface area contributed by atoms with Crippen molar-refractivity contribution in [3.8, 4) is 0 Å². The summed E-state index contributed by atoms with van der Waals surface area (Å²) in [5.41, 5.74) is 3.44. The van der Waals surface area contributed by atoms with Crippen molar-refractivity contribution < 1.29 is 0 Å². The van der Waals surface area contributed by atoms with Gasteiger partial charge in [0.05, 0.1) is 6.04 Å². The van der Waals surface area contributed by atoms with Crippen LogP contribution < -0.4 is 10.6 Å². The third-order valence-electron chi connectivity index (χ3n) is 2.94. The van der Waals surface area contributed by atoms with Crippen LogP contribution in [0.5, 0.6) is 0 Å². The van der Waals surface area contributed by atoms with E-state index in [0.717, 1.165) is 5.69 Å². The zero-order valence-electron chi connectivity index (χ0n) is 11.1.